The summed E-state index contributed by atoms with van der Waals surface area (Å²) >= 11 is 0. The molecule has 0 radical (unpaired) electrons. The van der Waals surface area contributed by atoms with E-state index in [2.05, 4.69) is 0 Å². The number of nitrogens with zero attached hydrogens (tertiary/aromatic N) is 2. The van der Waals surface area contributed by atoms with Gasteiger partial charge >= 0.3 is 0 Å². The van der Waals surface area contributed by atoms with Gasteiger partial charge in [-0.25, -0.2) is 0 Å². The molecule has 0 aromatic carbocycles. The number of hydrogen-bond donors (Lipinski definition) is 1. The first-order valence-electron chi connectivity index (χ1n) is 7.00. The third-order valence-corrected chi connectivity index (χ3v) is 6.63. The van der Waals surface area contributed by atoms with E-state index in [-0.39, 0.29) is 5.92 Å². The zero-order valence-electron chi connectivity index (χ0n) is 10.7. The lowest BCUT2D eigenvalue weighted by molar-refractivity contribution is 0.0503. The first-order valence-corrected chi connectivity index (χ1v) is 8.40. The van der Waals surface area contributed by atoms with Gasteiger partial charge in [0.1, 0.15) is 0 Å². The average Bonchev–Trinajstić information content (AvgIpc) is 2.92. The van der Waals surface area contributed by atoms with Gasteiger partial charge in [-0.1, -0.05) is 0 Å². The fraction of sp³-hybridized carbons (Fsp3) is 1.00. The average molecular weight is 274 g/mol. The van der Waals surface area contributed by atoms with Crippen molar-refractivity contribution < 1.29 is 13.5 Å². The summed E-state index contributed by atoms with van der Waals surface area (Å²) in [6.45, 7) is 2.45. The van der Waals surface area contributed by atoms with E-state index in [1.165, 1.54) is 0 Å². The van der Waals surface area contributed by atoms with Crippen molar-refractivity contribution in [2.45, 2.75) is 44.1 Å². The smallest absolute Gasteiger partial charge is 0.281 e. The van der Waals surface area contributed by atoms with E-state index in [1.54, 1.807) is 8.61 Å². The Kier molecular flexibility index (Phi) is 3.17. The van der Waals surface area contributed by atoms with E-state index in [0.29, 0.717) is 26.2 Å². The highest BCUT2D eigenvalue weighted by atomic mass is 32.2. The first-order chi connectivity index (χ1) is 8.52. The van der Waals surface area contributed by atoms with Gasteiger partial charge in [-0.3, -0.25) is 0 Å². The van der Waals surface area contributed by atoms with E-state index in [1.807, 2.05) is 0 Å². The molecule has 1 unspecified atom stereocenters. The minimum Gasteiger partial charge on any atom is -0.390 e. The molecule has 104 valence electrons. The maximum atomic E-state index is 12.5. The summed E-state index contributed by atoms with van der Waals surface area (Å²) in [5.41, 5.74) is -0.556. The van der Waals surface area contributed by atoms with E-state index in [0.717, 1.165) is 38.5 Å². The zero-order valence-corrected chi connectivity index (χ0v) is 11.5. The van der Waals surface area contributed by atoms with Crippen molar-refractivity contribution in [3.8, 4) is 0 Å². The third kappa shape index (κ3) is 2.19. The van der Waals surface area contributed by atoms with E-state index >= 15 is 0 Å². The summed E-state index contributed by atoms with van der Waals surface area (Å²) in [5.74, 6) is 0.142. The topological polar surface area (TPSA) is 60.9 Å². The van der Waals surface area contributed by atoms with Crippen LogP contribution in [0.4, 0.5) is 0 Å². The Morgan fingerprint density at radius 1 is 1.00 bits per heavy atom. The minimum absolute atomic E-state index is 0.142. The normalized spacial score (nSPS) is 33.7. The van der Waals surface area contributed by atoms with E-state index < -0.39 is 15.8 Å². The number of hydrogen-bond acceptors (Lipinski definition) is 3. The van der Waals surface area contributed by atoms with Crippen LogP contribution in [-0.4, -0.2) is 53.9 Å². The predicted molar refractivity (Wildman–Crippen MR) is 68.2 cm³/mol. The molecule has 6 heteroatoms. The second-order valence-corrected chi connectivity index (χ2v) is 7.84. The van der Waals surface area contributed by atoms with Gasteiger partial charge in [-0.15, -0.1) is 0 Å². The highest BCUT2D eigenvalue weighted by Crippen LogP contribution is 2.46. The van der Waals surface area contributed by atoms with Gasteiger partial charge in [0.2, 0.25) is 0 Å². The van der Waals surface area contributed by atoms with Gasteiger partial charge in [0.15, 0.2) is 0 Å². The largest absolute Gasteiger partial charge is 0.390 e. The predicted octanol–water partition coefficient (Wildman–Crippen LogP) is 0.564. The summed E-state index contributed by atoms with van der Waals surface area (Å²) in [4.78, 5) is 0. The van der Waals surface area contributed by atoms with Gasteiger partial charge in [0.25, 0.3) is 10.2 Å². The van der Waals surface area contributed by atoms with Crippen LogP contribution in [0.3, 0.4) is 0 Å². The van der Waals surface area contributed by atoms with Crippen LogP contribution in [0.15, 0.2) is 0 Å². The van der Waals surface area contributed by atoms with Crippen LogP contribution in [0.1, 0.15) is 38.5 Å². The lowest BCUT2D eigenvalue weighted by Gasteiger charge is -2.36. The summed E-state index contributed by atoms with van der Waals surface area (Å²) in [6.07, 6.45) is 5.47. The highest BCUT2D eigenvalue weighted by Gasteiger charge is 2.50. The van der Waals surface area contributed by atoms with Crippen molar-refractivity contribution in [3.05, 3.63) is 0 Å². The molecule has 2 heterocycles. The van der Waals surface area contributed by atoms with Crippen LogP contribution in [0.25, 0.3) is 0 Å². The SMILES string of the molecule is O=S(=O)(N1CCCC1)N1CCCC(C2(O)CC2)C1. The molecule has 1 N–H and O–H groups in total. The quantitative estimate of drug-likeness (QED) is 0.818. The zero-order chi connectivity index (χ0) is 12.8. The molecular formula is C12H22N2O3S. The molecule has 0 aromatic rings. The van der Waals surface area contributed by atoms with E-state index in [9.17, 15) is 13.5 Å². The lowest BCUT2D eigenvalue weighted by atomic mass is 9.92. The molecule has 1 atom stereocenters. The molecule has 1 saturated carbocycles. The summed E-state index contributed by atoms with van der Waals surface area (Å²) < 4.78 is 28.1. The number of rotatable bonds is 3. The van der Waals surface area contributed by atoms with Crippen molar-refractivity contribution in [2.75, 3.05) is 26.2 Å². The Hall–Kier alpha value is -0.170. The number of piperidine rings is 1. The Balaban J connectivity index is 1.71. The summed E-state index contributed by atoms with van der Waals surface area (Å²) in [5, 5.41) is 10.2. The highest BCUT2D eigenvalue weighted by molar-refractivity contribution is 7.86. The molecule has 1 aliphatic carbocycles. The second kappa shape index (κ2) is 4.44. The van der Waals surface area contributed by atoms with E-state index in [4.69, 9.17) is 0 Å². The molecular weight excluding hydrogens is 252 g/mol. The van der Waals surface area contributed by atoms with Crippen LogP contribution >= 0.6 is 0 Å². The van der Waals surface area contributed by atoms with Crippen molar-refractivity contribution in [1.29, 1.82) is 0 Å². The van der Waals surface area contributed by atoms with Crippen LogP contribution in [0, 0.1) is 5.92 Å². The van der Waals surface area contributed by atoms with Gasteiger partial charge in [-0.05, 0) is 38.5 Å². The van der Waals surface area contributed by atoms with Crippen molar-refractivity contribution in [2.24, 2.45) is 5.92 Å². The first kappa shape index (κ1) is 12.8. The second-order valence-electron chi connectivity index (χ2n) is 5.91. The molecule has 3 fully saturated rings. The third-order valence-electron chi connectivity index (χ3n) is 4.62. The minimum atomic E-state index is -3.27. The Morgan fingerprint density at radius 2 is 1.61 bits per heavy atom. The van der Waals surface area contributed by atoms with Crippen molar-refractivity contribution in [1.82, 2.24) is 8.61 Å². The van der Waals surface area contributed by atoms with Crippen LogP contribution in [0.2, 0.25) is 0 Å². The monoisotopic (exact) mass is 274 g/mol. The van der Waals surface area contributed by atoms with Gasteiger partial charge in [-0.2, -0.15) is 17.0 Å². The maximum absolute atomic E-state index is 12.5. The molecule has 0 bridgehead atoms. The molecule has 2 saturated heterocycles. The maximum Gasteiger partial charge on any atom is 0.281 e. The fourth-order valence-corrected chi connectivity index (χ4v) is 4.98. The van der Waals surface area contributed by atoms with Crippen molar-refractivity contribution in [3.63, 3.8) is 0 Å². The molecule has 5 nitrogen and oxygen atoms in total. The fourth-order valence-electron chi connectivity index (χ4n) is 3.21. The van der Waals surface area contributed by atoms with Gasteiger partial charge < -0.3 is 5.11 Å². The Bertz CT molecular complexity index is 413. The summed E-state index contributed by atoms with van der Waals surface area (Å²) in [7, 11) is -3.27. The standard InChI is InChI=1S/C12H22N2O3S/c15-12(5-6-12)11-4-3-9-14(10-11)18(16,17)13-7-1-2-8-13/h11,15H,1-10H2. The van der Waals surface area contributed by atoms with Crippen LogP contribution < -0.4 is 0 Å². The molecule has 0 amide bonds. The van der Waals surface area contributed by atoms with Crippen molar-refractivity contribution >= 4 is 10.2 Å². The van der Waals surface area contributed by atoms with Gasteiger partial charge in [0, 0.05) is 32.1 Å². The Morgan fingerprint density at radius 3 is 2.22 bits per heavy atom. The number of aliphatic hydroxyl groups is 1. The summed E-state index contributed by atoms with van der Waals surface area (Å²) in [6, 6.07) is 0. The molecule has 18 heavy (non-hydrogen) atoms. The molecule has 3 aliphatic rings. The lowest BCUT2D eigenvalue weighted by Crippen LogP contribution is -2.49. The van der Waals surface area contributed by atoms with Gasteiger partial charge in [0.05, 0.1) is 5.60 Å². The van der Waals surface area contributed by atoms with Crippen LogP contribution in [0.5, 0.6) is 0 Å². The molecule has 2 aliphatic heterocycles. The molecule has 0 aromatic heterocycles. The van der Waals surface area contributed by atoms with Crippen LogP contribution in [-0.2, 0) is 10.2 Å². The molecule has 0 spiro atoms. The Labute approximate surface area is 109 Å². The molecule has 3 rings (SSSR count).